The van der Waals surface area contributed by atoms with Crippen LogP contribution < -0.4 is 10.2 Å². The fourth-order valence-corrected chi connectivity index (χ4v) is 3.70. The van der Waals surface area contributed by atoms with Gasteiger partial charge in [-0.3, -0.25) is 4.79 Å². The van der Waals surface area contributed by atoms with Crippen molar-refractivity contribution in [2.75, 3.05) is 23.3 Å². The van der Waals surface area contributed by atoms with Crippen molar-refractivity contribution in [3.05, 3.63) is 53.8 Å². The largest absolute Gasteiger partial charge is 0.346 e. The van der Waals surface area contributed by atoms with E-state index in [1.165, 1.54) is 23.5 Å². The van der Waals surface area contributed by atoms with Crippen molar-refractivity contribution in [2.24, 2.45) is 5.92 Å². The van der Waals surface area contributed by atoms with Crippen molar-refractivity contribution in [2.45, 2.75) is 0 Å². The first-order chi connectivity index (χ1) is 12.1. The van der Waals surface area contributed by atoms with E-state index in [4.69, 9.17) is 5.26 Å². The van der Waals surface area contributed by atoms with E-state index in [0.717, 1.165) is 15.3 Å². The van der Waals surface area contributed by atoms with Crippen molar-refractivity contribution < 1.29 is 9.18 Å². The number of halogens is 1. The summed E-state index contributed by atoms with van der Waals surface area (Å²) in [4.78, 5) is 18.8. The number of thiazole rings is 1. The van der Waals surface area contributed by atoms with Crippen LogP contribution in [0.15, 0.2) is 42.5 Å². The van der Waals surface area contributed by atoms with Crippen molar-refractivity contribution >= 4 is 38.3 Å². The predicted octanol–water partition coefficient (Wildman–Crippen LogP) is 3.38. The Balaban J connectivity index is 1.38. The Bertz CT molecular complexity index is 986. The second-order valence-corrected chi connectivity index (χ2v) is 6.90. The van der Waals surface area contributed by atoms with E-state index in [0.29, 0.717) is 24.3 Å². The Morgan fingerprint density at radius 3 is 2.76 bits per heavy atom. The number of nitrogens with one attached hydrogen (secondary N) is 1. The second-order valence-electron chi connectivity index (χ2n) is 5.89. The molecule has 0 unspecified atom stereocenters. The van der Waals surface area contributed by atoms with Gasteiger partial charge in [-0.2, -0.15) is 5.26 Å². The smallest absolute Gasteiger partial charge is 0.231 e. The number of hydrogen-bond acceptors (Lipinski definition) is 5. The summed E-state index contributed by atoms with van der Waals surface area (Å²) < 4.78 is 14.1. The third-order valence-electron chi connectivity index (χ3n) is 4.14. The molecule has 2 heterocycles. The summed E-state index contributed by atoms with van der Waals surface area (Å²) in [5.74, 6) is -0.432. The van der Waals surface area contributed by atoms with Crippen molar-refractivity contribution in [1.82, 2.24) is 4.98 Å². The number of anilines is 2. The van der Waals surface area contributed by atoms with Crippen LogP contribution in [0.3, 0.4) is 0 Å². The van der Waals surface area contributed by atoms with Crippen molar-refractivity contribution in [3.8, 4) is 6.07 Å². The van der Waals surface area contributed by atoms with E-state index in [2.05, 4.69) is 10.3 Å². The van der Waals surface area contributed by atoms with Crippen LogP contribution in [0.5, 0.6) is 0 Å². The highest BCUT2D eigenvalue weighted by atomic mass is 32.1. The summed E-state index contributed by atoms with van der Waals surface area (Å²) in [6, 6.07) is 13.4. The molecule has 1 amide bonds. The summed E-state index contributed by atoms with van der Waals surface area (Å²) >= 11 is 1.43. The highest BCUT2D eigenvalue weighted by molar-refractivity contribution is 7.22. The molecular weight excluding hydrogens is 339 g/mol. The average Bonchev–Trinajstić information content (AvgIpc) is 2.96. The van der Waals surface area contributed by atoms with Crippen LogP contribution in [0.25, 0.3) is 10.2 Å². The van der Waals surface area contributed by atoms with Crippen LogP contribution in [0, 0.1) is 23.1 Å². The van der Waals surface area contributed by atoms with E-state index >= 15 is 0 Å². The van der Waals surface area contributed by atoms with Crippen molar-refractivity contribution in [1.29, 1.82) is 5.26 Å². The number of carbonyl (C=O) groups is 1. The lowest BCUT2D eigenvalue weighted by molar-refractivity contribution is -0.120. The molecule has 2 aromatic carbocycles. The van der Waals surface area contributed by atoms with Crippen molar-refractivity contribution in [3.63, 3.8) is 0 Å². The summed E-state index contributed by atoms with van der Waals surface area (Å²) in [7, 11) is 0. The van der Waals surface area contributed by atoms with Gasteiger partial charge in [0.25, 0.3) is 0 Å². The number of nitriles is 1. The minimum atomic E-state index is -0.272. The van der Waals surface area contributed by atoms with Crippen LogP contribution in [0.4, 0.5) is 15.2 Å². The molecule has 0 atom stereocenters. The molecule has 0 bridgehead atoms. The van der Waals surface area contributed by atoms with Crippen LogP contribution in [0.2, 0.25) is 0 Å². The Kier molecular flexibility index (Phi) is 3.82. The molecule has 1 aromatic heterocycles. The maximum absolute atomic E-state index is 13.3. The number of aromatic nitrogens is 1. The SMILES string of the molecule is N#Cc1ccc(NC(=O)C2CN(c3nc4ccc(F)cc4s3)C2)cc1. The van der Waals surface area contributed by atoms with Gasteiger partial charge < -0.3 is 10.2 Å². The summed E-state index contributed by atoms with van der Waals surface area (Å²) in [6.07, 6.45) is 0. The Morgan fingerprint density at radius 2 is 2.04 bits per heavy atom. The molecule has 1 aliphatic rings. The maximum atomic E-state index is 13.3. The quantitative estimate of drug-likeness (QED) is 0.784. The Morgan fingerprint density at radius 1 is 1.28 bits per heavy atom. The van der Waals surface area contributed by atoms with Gasteiger partial charge in [-0.05, 0) is 42.5 Å². The number of hydrogen-bond donors (Lipinski definition) is 1. The zero-order valence-corrected chi connectivity index (χ0v) is 13.9. The molecule has 0 radical (unpaired) electrons. The zero-order chi connectivity index (χ0) is 17.4. The first kappa shape index (κ1) is 15.5. The van der Waals surface area contributed by atoms with Crippen LogP contribution in [0.1, 0.15) is 5.56 Å². The topological polar surface area (TPSA) is 69.0 Å². The van der Waals surface area contributed by atoms with Gasteiger partial charge in [0, 0.05) is 18.8 Å². The number of amides is 1. The molecule has 1 saturated heterocycles. The highest BCUT2D eigenvalue weighted by Crippen LogP contribution is 2.33. The lowest BCUT2D eigenvalue weighted by atomic mass is 10.00. The number of benzene rings is 2. The van der Waals surface area contributed by atoms with E-state index in [1.807, 2.05) is 11.0 Å². The van der Waals surface area contributed by atoms with Crippen LogP contribution >= 0.6 is 11.3 Å². The first-order valence-corrected chi connectivity index (χ1v) is 8.56. The molecular formula is C18H13FN4OS. The second kappa shape index (κ2) is 6.15. The van der Waals surface area contributed by atoms with E-state index in [-0.39, 0.29) is 17.6 Å². The molecule has 0 spiro atoms. The van der Waals surface area contributed by atoms with Gasteiger partial charge in [0.2, 0.25) is 5.91 Å². The van der Waals surface area contributed by atoms with Crippen LogP contribution in [-0.2, 0) is 4.79 Å². The fraction of sp³-hybridized carbons (Fsp3) is 0.167. The van der Waals surface area contributed by atoms with Gasteiger partial charge in [-0.15, -0.1) is 0 Å². The minimum Gasteiger partial charge on any atom is -0.346 e. The van der Waals surface area contributed by atoms with Gasteiger partial charge in [0.05, 0.1) is 27.8 Å². The normalized spacial score (nSPS) is 14.2. The molecule has 7 heteroatoms. The summed E-state index contributed by atoms with van der Waals surface area (Å²) in [5.41, 5.74) is 2.00. The van der Waals surface area contributed by atoms with E-state index < -0.39 is 0 Å². The third-order valence-corrected chi connectivity index (χ3v) is 5.22. The maximum Gasteiger partial charge on any atom is 0.231 e. The fourth-order valence-electron chi connectivity index (χ4n) is 2.69. The standard InChI is InChI=1S/C18H13FN4OS/c19-13-3-6-15-16(7-13)25-18(22-15)23-9-12(10-23)17(24)21-14-4-1-11(8-20)2-5-14/h1-7,12H,9-10H2,(H,21,24). The molecule has 5 nitrogen and oxygen atoms in total. The van der Waals surface area contributed by atoms with Gasteiger partial charge in [0.15, 0.2) is 5.13 Å². The zero-order valence-electron chi connectivity index (χ0n) is 13.1. The molecule has 3 aromatic rings. The van der Waals surface area contributed by atoms with E-state index in [1.54, 1.807) is 30.3 Å². The number of rotatable bonds is 3. The Labute approximate surface area is 147 Å². The summed E-state index contributed by atoms with van der Waals surface area (Å²) in [6.45, 7) is 1.18. The number of fused-ring (bicyclic) bond motifs is 1. The molecule has 1 N–H and O–H groups in total. The van der Waals surface area contributed by atoms with Gasteiger partial charge in [-0.25, -0.2) is 9.37 Å². The molecule has 25 heavy (non-hydrogen) atoms. The third kappa shape index (κ3) is 3.04. The molecule has 1 aliphatic heterocycles. The monoisotopic (exact) mass is 352 g/mol. The number of carbonyl (C=O) groups excluding carboxylic acids is 1. The minimum absolute atomic E-state index is 0.0480. The number of nitrogens with zero attached hydrogens (tertiary/aromatic N) is 3. The van der Waals surface area contributed by atoms with Gasteiger partial charge in [-0.1, -0.05) is 11.3 Å². The van der Waals surface area contributed by atoms with E-state index in [9.17, 15) is 9.18 Å². The van der Waals surface area contributed by atoms with Gasteiger partial charge in [0.1, 0.15) is 5.82 Å². The first-order valence-electron chi connectivity index (χ1n) is 7.74. The lowest BCUT2D eigenvalue weighted by Gasteiger charge is -2.37. The molecule has 4 rings (SSSR count). The van der Waals surface area contributed by atoms with Gasteiger partial charge >= 0.3 is 0 Å². The lowest BCUT2D eigenvalue weighted by Crippen LogP contribution is -2.52. The summed E-state index contributed by atoms with van der Waals surface area (Å²) in [5, 5.41) is 12.5. The van der Waals surface area contributed by atoms with Crippen LogP contribution in [-0.4, -0.2) is 24.0 Å². The predicted molar refractivity (Wildman–Crippen MR) is 95.1 cm³/mol. The Hall–Kier alpha value is -2.98. The molecule has 0 aliphatic carbocycles. The molecule has 124 valence electrons. The molecule has 1 fully saturated rings. The molecule has 0 saturated carbocycles. The highest BCUT2D eigenvalue weighted by Gasteiger charge is 2.34. The average molecular weight is 352 g/mol.